The van der Waals surface area contributed by atoms with E-state index in [9.17, 15) is 5.11 Å². The first-order valence-corrected chi connectivity index (χ1v) is 7.75. The van der Waals surface area contributed by atoms with Gasteiger partial charge in [0.25, 0.3) is 0 Å². The van der Waals surface area contributed by atoms with Crippen molar-refractivity contribution < 1.29 is 9.84 Å². The number of fused-ring (bicyclic) bond motifs is 1. The molecule has 110 valence electrons. The summed E-state index contributed by atoms with van der Waals surface area (Å²) in [5.74, 6) is 0. The van der Waals surface area contributed by atoms with Crippen LogP contribution in [0.3, 0.4) is 0 Å². The minimum atomic E-state index is -0.475. The predicted molar refractivity (Wildman–Crippen MR) is 84.2 cm³/mol. The van der Waals surface area contributed by atoms with Crippen molar-refractivity contribution in [2.45, 2.75) is 38.4 Å². The van der Waals surface area contributed by atoms with Crippen LogP contribution in [-0.2, 0) is 17.6 Å². The van der Waals surface area contributed by atoms with Crippen molar-refractivity contribution in [2.75, 3.05) is 6.61 Å². The van der Waals surface area contributed by atoms with Crippen LogP contribution in [0.5, 0.6) is 0 Å². The molecule has 0 bridgehead atoms. The fourth-order valence-corrected chi connectivity index (χ4v) is 3.18. The van der Waals surface area contributed by atoms with Crippen molar-refractivity contribution in [1.82, 2.24) is 0 Å². The van der Waals surface area contributed by atoms with Crippen molar-refractivity contribution >= 4 is 0 Å². The lowest BCUT2D eigenvalue weighted by Gasteiger charge is -2.28. The van der Waals surface area contributed by atoms with E-state index < -0.39 is 6.10 Å². The molecule has 0 saturated heterocycles. The third-order valence-electron chi connectivity index (χ3n) is 4.32. The Kier molecular flexibility index (Phi) is 4.37. The lowest BCUT2D eigenvalue weighted by atomic mass is 9.91. The zero-order valence-electron chi connectivity index (χ0n) is 12.5. The molecule has 0 aliphatic carbocycles. The molecule has 0 amide bonds. The summed E-state index contributed by atoms with van der Waals surface area (Å²) in [6.45, 7) is 2.86. The summed E-state index contributed by atoms with van der Waals surface area (Å²) in [6, 6.07) is 16.5. The molecular weight excluding hydrogens is 260 g/mol. The van der Waals surface area contributed by atoms with Crippen molar-refractivity contribution in [1.29, 1.82) is 0 Å². The van der Waals surface area contributed by atoms with Crippen LogP contribution in [0.1, 0.15) is 47.8 Å². The van der Waals surface area contributed by atoms with Crippen LogP contribution in [0.4, 0.5) is 0 Å². The van der Waals surface area contributed by atoms with Crippen LogP contribution in [-0.4, -0.2) is 11.7 Å². The SMILES string of the molecule is CCc1ccccc1C(O)CC1OCCc2ccccc21. The van der Waals surface area contributed by atoms with Gasteiger partial charge in [0, 0.05) is 6.42 Å². The second-order valence-electron chi connectivity index (χ2n) is 5.61. The molecule has 0 saturated carbocycles. The van der Waals surface area contributed by atoms with E-state index in [1.807, 2.05) is 24.3 Å². The highest BCUT2D eigenvalue weighted by molar-refractivity contribution is 5.33. The Morgan fingerprint density at radius 1 is 1.14 bits per heavy atom. The fourth-order valence-electron chi connectivity index (χ4n) is 3.18. The Labute approximate surface area is 126 Å². The maximum atomic E-state index is 10.6. The highest BCUT2D eigenvalue weighted by atomic mass is 16.5. The summed E-state index contributed by atoms with van der Waals surface area (Å²) >= 11 is 0. The van der Waals surface area contributed by atoms with Gasteiger partial charge in [0.05, 0.1) is 18.8 Å². The van der Waals surface area contributed by atoms with Gasteiger partial charge < -0.3 is 9.84 Å². The monoisotopic (exact) mass is 282 g/mol. The Morgan fingerprint density at radius 2 is 1.90 bits per heavy atom. The van der Waals surface area contributed by atoms with Gasteiger partial charge in [-0.25, -0.2) is 0 Å². The molecule has 1 N–H and O–H groups in total. The van der Waals surface area contributed by atoms with E-state index in [0.717, 1.165) is 25.0 Å². The first kappa shape index (κ1) is 14.3. The summed E-state index contributed by atoms with van der Waals surface area (Å²) in [5.41, 5.74) is 4.84. The van der Waals surface area contributed by atoms with Gasteiger partial charge in [-0.15, -0.1) is 0 Å². The molecule has 2 unspecified atom stereocenters. The normalized spacial score (nSPS) is 19.0. The Balaban J connectivity index is 1.81. The van der Waals surface area contributed by atoms with Crippen LogP contribution >= 0.6 is 0 Å². The standard InChI is InChI=1S/C19H22O2/c1-2-14-7-3-5-9-16(14)18(20)13-19-17-10-6-4-8-15(17)11-12-21-19/h3-10,18-20H,2,11-13H2,1H3. The van der Waals surface area contributed by atoms with Gasteiger partial charge >= 0.3 is 0 Å². The highest BCUT2D eigenvalue weighted by Crippen LogP contribution is 2.35. The highest BCUT2D eigenvalue weighted by Gasteiger charge is 2.24. The van der Waals surface area contributed by atoms with Gasteiger partial charge in [-0.05, 0) is 35.1 Å². The summed E-state index contributed by atoms with van der Waals surface area (Å²) in [4.78, 5) is 0. The molecule has 2 heteroatoms. The number of hydrogen-bond donors (Lipinski definition) is 1. The Hall–Kier alpha value is -1.64. The van der Waals surface area contributed by atoms with Gasteiger partial charge in [-0.3, -0.25) is 0 Å². The topological polar surface area (TPSA) is 29.5 Å². The van der Waals surface area contributed by atoms with E-state index in [4.69, 9.17) is 4.74 Å². The van der Waals surface area contributed by atoms with Crippen molar-refractivity contribution in [2.24, 2.45) is 0 Å². The molecule has 2 atom stereocenters. The van der Waals surface area contributed by atoms with Gasteiger partial charge in [0.15, 0.2) is 0 Å². The maximum absolute atomic E-state index is 10.6. The molecule has 0 spiro atoms. The predicted octanol–water partition coefficient (Wildman–Crippen LogP) is 3.99. The second-order valence-corrected chi connectivity index (χ2v) is 5.61. The lowest BCUT2D eigenvalue weighted by molar-refractivity contribution is 0.00360. The van der Waals surface area contributed by atoms with Gasteiger partial charge in [-0.2, -0.15) is 0 Å². The zero-order valence-corrected chi connectivity index (χ0v) is 12.5. The third kappa shape index (κ3) is 3.02. The molecular formula is C19H22O2. The van der Waals surface area contributed by atoms with Crippen molar-refractivity contribution in [3.05, 3.63) is 70.8 Å². The minimum Gasteiger partial charge on any atom is -0.388 e. The van der Waals surface area contributed by atoms with Crippen LogP contribution in [0.15, 0.2) is 48.5 Å². The molecule has 0 fully saturated rings. The van der Waals surface area contributed by atoms with Crippen molar-refractivity contribution in [3.8, 4) is 0 Å². The van der Waals surface area contributed by atoms with E-state index in [1.54, 1.807) is 0 Å². The molecule has 2 aromatic carbocycles. The number of rotatable bonds is 4. The number of aliphatic hydroxyl groups excluding tert-OH is 1. The van der Waals surface area contributed by atoms with E-state index in [0.29, 0.717) is 6.42 Å². The number of hydrogen-bond acceptors (Lipinski definition) is 2. The Bertz CT molecular complexity index is 606. The van der Waals surface area contributed by atoms with Gasteiger partial charge in [-0.1, -0.05) is 55.5 Å². The molecule has 1 aliphatic rings. The molecule has 21 heavy (non-hydrogen) atoms. The van der Waals surface area contributed by atoms with Crippen molar-refractivity contribution in [3.63, 3.8) is 0 Å². The number of benzene rings is 2. The first-order chi connectivity index (χ1) is 10.3. The summed E-state index contributed by atoms with van der Waals surface area (Å²) in [5, 5.41) is 10.6. The van der Waals surface area contributed by atoms with Crippen LogP contribution in [0.2, 0.25) is 0 Å². The van der Waals surface area contributed by atoms with E-state index >= 15 is 0 Å². The van der Waals surface area contributed by atoms with Gasteiger partial charge in [0.2, 0.25) is 0 Å². The molecule has 2 nitrogen and oxygen atoms in total. The molecule has 3 rings (SSSR count). The van der Waals surface area contributed by atoms with E-state index in [2.05, 4.69) is 31.2 Å². The largest absolute Gasteiger partial charge is 0.388 e. The average Bonchev–Trinajstić information content (AvgIpc) is 2.55. The van der Waals surface area contributed by atoms with E-state index in [1.165, 1.54) is 16.7 Å². The molecule has 1 aliphatic heterocycles. The smallest absolute Gasteiger partial charge is 0.0855 e. The maximum Gasteiger partial charge on any atom is 0.0855 e. The molecule has 2 aromatic rings. The number of ether oxygens (including phenoxy) is 1. The van der Waals surface area contributed by atoms with E-state index in [-0.39, 0.29) is 6.10 Å². The Morgan fingerprint density at radius 3 is 2.76 bits per heavy atom. The number of aryl methyl sites for hydroxylation is 1. The second kappa shape index (κ2) is 6.42. The summed E-state index contributed by atoms with van der Waals surface area (Å²) in [6.07, 6.45) is 2.05. The van der Waals surface area contributed by atoms with Crippen LogP contribution < -0.4 is 0 Å². The minimum absolute atomic E-state index is 0.00476. The number of aliphatic hydroxyl groups is 1. The lowest BCUT2D eigenvalue weighted by Crippen LogP contribution is -2.18. The zero-order chi connectivity index (χ0) is 14.7. The summed E-state index contributed by atoms with van der Waals surface area (Å²) in [7, 11) is 0. The first-order valence-electron chi connectivity index (χ1n) is 7.75. The summed E-state index contributed by atoms with van der Waals surface area (Å²) < 4.78 is 5.91. The average molecular weight is 282 g/mol. The van der Waals surface area contributed by atoms with Gasteiger partial charge in [0.1, 0.15) is 0 Å². The van der Waals surface area contributed by atoms with Crippen LogP contribution in [0, 0.1) is 0 Å². The molecule has 0 radical (unpaired) electrons. The molecule has 1 heterocycles. The van der Waals surface area contributed by atoms with Crippen LogP contribution in [0.25, 0.3) is 0 Å². The molecule has 0 aromatic heterocycles. The quantitative estimate of drug-likeness (QED) is 0.919. The third-order valence-corrected chi connectivity index (χ3v) is 4.32. The fraction of sp³-hybridized carbons (Fsp3) is 0.368.